The Morgan fingerprint density at radius 1 is 0.971 bits per heavy atom. The number of carbonyl (C=O) groups excluding carboxylic acids is 1. The second-order valence-electron chi connectivity index (χ2n) is 8.10. The minimum Gasteiger partial charge on any atom is -0.481 e. The van der Waals surface area contributed by atoms with Crippen LogP contribution in [0.3, 0.4) is 0 Å². The molecule has 0 aliphatic rings. The molecule has 4 aromatic rings. The predicted octanol–water partition coefficient (Wildman–Crippen LogP) is 6.05. The van der Waals surface area contributed by atoms with Crippen LogP contribution in [0.4, 0.5) is 13.9 Å². The summed E-state index contributed by atoms with van der Waals surface area (Å²) in [6.45, 7) is 0. The lowest BCUT2D eigenvalue weighted by molar-refractivity contribution is -0.140. The van der Waals surface area contributed by atoms with Gasteiger partial charge in [-0.2, -0.15) is 0 Å². The predicted molar refractivity (Wildman–Crippen MR) is 132 cm³/mol. The number of anilines is 1. The molecule has 5 nitrogen and oxygen atoms in total. The third-order valence-electron chi connectivity index (χ3n) is 5.58. The van der Waals surface area contributed by atoms with Gasteiger partial charge in [0.25, 0.3) is 0 Å². The van der Waals surface area contributed by atoms with Crippen molar-refractivity contribution in [3.8, 4) is 22.4 Å². The van der Waals surface area contributed by atoms with Crippen LogP contribution in [0, 0.1) is 17.6 Å². The fourth-order valence-electron chi connectivity index (χ4n) is 3.93. The van der Waals surface area contributed by atoms with Crippen LogP contribution in [0.15, 0.2) is 78.2 Å². The van der Waals surface area contributed by atoms with E-state index in [-0.39, 0.29) is 12.3 Å². The zero-order valence-corrected chi connectivity index (χ0v) is 19.6. The van der Waals surface area contributed by atoms with Gasteiger partial charge in [-0.1, -0.05) is 54.6 Å². The van der Waals surface area contributed by atoms with E-state index in [4.69, 9.17) is 0 Å². The fraction of sp³-hybridized carbons (Fsp3) is 0.148. The van der Waals surface area contributed by atoms with Crippen molar-refractivity contribution < 1.29 is 23.5 Å². The van der Waals surface area contributed by atoms with Gasteiger partial charge in [0.15, 0.2) is 5.13 Å². The van der Waals surface area contributed by atoms with Gasteiger partial charge in [-0.25, -0.2) is 13.8 Å². The highest BCUT2D eigenvalue weighted by atomic mass is 32.1. The normalized spacial score (nSPS) is 11.7. The average Bonchev–Trinajstić information content (AvgIpc) is 3.33. The molecule has 1 N–H and O–H groups in total. The van der Waals surface area contributed by atoms with E-state index in [9.17, 15) is 23.5 Å². The molecule has 4 rings (SSSR count). The molecule has 0 radical (unpaired) electrons. The monoisotopic (exact) mass is 492 g/mol. The Morgan fingerprint density at radius 2 is 1.60 bits per heavy atom. The minimum absolute atomic E-state index is 0.294. The van der Waals surface area contributed by atoms with E-state index in [0.29, 0.717) is 33.9 Å². The number of carboxylic acid groups (broad SMARTS) is 1. The first kappa shape index (κ1) is 24.2. The number of aromatic nitrogens is 1. The number of benzene rings is 3. The standard InChI is InChI=1S/C27H22F2N2O3S/c1-31(26(34)19(14-25(32)33)11-17-7-3-2-4-8-17)27-30-24(16-35-27)23-10-6-5-9-22(23)18-12-20(28)15-21(29)13-18/h2-10,12-13,15-16,19H,11,14H2,1H3,(H,32,33)/t19-/m1/s1. The van der Waals surface area contributed by atoms with Gasteiger partial charge in [0.1, 0.15) is 11.6 Å². The Hall–Kier alpha value is -3.91. The number of rotatable bonds is 8. The topological polar surface area (TPSA) is 70.5 Å². The van der Waals surface area contributed by atoms with Gasteiger partial charge in [0.2, 0.25) is 5.91 Å². The van der Waals surface area contributed by atoms with E-state index >= 15 is 0 Å². The highest BCUT2D eigenvalue weighted by Crippen LogP contribution is 2.35. The summed E-state index contributed by atoms with van der Waals surface area (Å²) in [7, 11) is 1.57. The molecule has 35 heavy (non-hydrogen) atoms. The summed E-state index contributed by atoms with van der Waals surface area (Å²) in [5.41, 5.74) is 3.05. The Labute approximate surface area is 205 Å². The van der Waals surface area contributed by atoms with Crippen molar-refractivity contribution in [2.75, 3.05) is 11.9 Å². The van der Waals surface area contributed by atoms with Gasteiger partial charge in [0, 0.05) is 24.1 Å². The van der Waals surface area contributed by atoms with Gasteiger partial charge in [-0.15, -0.1) is 11.3 Å². The van der Waals surface area contributed by atoms with Crippen LogP contribution in [-0.2, 0) is 16.0 Å². The molecular weight excluding hydrogens is 470 g/mol. The maximum Gasteiger partial charge on any atom is 0.304 e. The smallest absolute Gasteiger partial charge is 0.304 e. The molecule has 0 unspecified atom stereocenters. The summed E-state index contributed by atoms with van der Waals surface area (Å²) >= 11 is 1.23. The molecule has 0 aliphatic carbocycles. The minimum atomic E-state index is -1.05. The van der Waals surface area contributed by atoms with Crippen molar-refractivity contribution in [3.05, 3.63) is 95.4 Å². The average molecular weight is 493 g/mol. The van der Waals surface area contributed by atoms with Crippen molar-refractivity contribution in [2.24, 2.45) is 5.92 Å². The van der Waals surface area contributed by atoms with Crippen molar-refractivity contribution in [3.63, 3.8) is 0 Å². The van der Waals surface area contributed by atoms with Crippen molar-refractivity contribution in [1.29, 1.82) is 0 Å². The first-order chi connectivity index (χ1) is 16.8. The van der Waals surface area contributed by atoms with Crippen LogP contribution in [0.2, 0.25) is 0 Å². The van der Waals surface area contributed by atoms with Crippen LogP contribution < -0.4 is 4.90 Å². The molecule has 0 bridgehead atoms. The van der Waals surface area contributed by atoms with Crippen molar-refractivity contribution in [1.82, 2.24) is 4.98 Å². The summed E-state index contributed by atoms with van der Waals surface area (Å²) in [6, 6.07) is 19.7. The fourth-order valence-corrected chi connectivity index (χ4v) is 4.73. The van der Waals surface area contributed by atoms with Crippen LogP contribution >= 0.6 is 11.3 Å². The van der Waals surface area contributed by atoms with E-state index in [2.05, 4.69) is 4.98 Å². The van der Waals surface area contributed by atoms with Crippen LogP contribution in [0.5, 0.6) is 0 Å². The van der Waals surface area contributed by atoms with Gasteiger partial charge in [-0.05, 0) is 35.2 Å². The Bertz CT molecular complexity index is 1340. The zero-order chi connectivity index (χ0) is 24.9. The SMILES string of the molecule is CN(C(=O)[C@@H](CC(=O)O)Cc1ccccc1)c1nc(-c2ccccc2-c2cc(F)cc(F)c2)cs1. The highest BCUT2D eigenvalue weighted by molar-refractivity contribution is 7.14. The number of amides is 1. The lowest BCUT2D eigenvalue weighted by atomic mass is 9.95. The molecule has 178 valence electrons. The van der Waals surface area contributed by atoms with Gasteiger partial charge in [0.05, 0.1) is 18.0 Å². The number of hydrogen-bond acceptors (Lipinski definition) is 4. The molecule has 1 amide bonds. The van der Waals surface area contributed by atoms with Crippen molar-refractivity contribution in [2.45, 2.75) is 12.8 Å². The summed E-state index contributed by atoms with van der Waals surface area (Å²) < 4.78 is 27.7. The number of halogens is 2. The number of carboxylic acids is 1. The van der Waals surface area contributed by atoms with Crippen LogP contribution in [0.25, 0.3) is 22.4 Å². The van der Waals surface area contributed by atoms with E-state index in [1.165, 1.54) is 28.4 Å². The molecule has 0 spiro atoms. The Kier molecular flexibility index (Phi) is 7.31. The summed E-state index contributed by atoms with van der Waals surface area (Å²) in [6.07, 6.45) is -0.00716. The maximum absolute atomic E-state index is 13.8. The molecular formula is C27H22F2N2O3S. The lowest BCUT2D eigenvalue weighted by Gasteiger charge is -2.21. The number of carbonyl (C=O) groups is 2. The lowest BCUT2D eigenvalue weighted by Crippen LogP contribution is -2.35. The third-order valence-corrected chi connectivity index (χ3v) is 6.50. The summed E-state index contributed by atoms with van der Waals surface area (Å²) in [4.78, 5) is 30.6. The summed E-state index contributed by atoms with van der Waals surface area (Å²) in [5.74, 6) is -3.51. The maximum atomic E-state index is 13.8. The van der Waals surface area contributed by atoms with E-state index in [0.717, 1.165) is 11.6 Å². The Balaban J connectivity index is 1.62. The van der Waals surface area contributed by atoms with E-state index in [1.807, 2.05) is 30.3 Å². The van der Waals surface area contributed by atoms with Gasteiger partial charge in [-0.3, -0.25) is 14.5 Å². The number of thiazole rings is 1. The summed E-state index contributed by atoms with van der Waals surface area (Å²) in [5, 5.41) is 11.5. The van der Waals surface area contributed by atoms with E-state index < -0.39 is 23.5 Å². The zero-order valence-electron chi connectivity index (χ0n) is 18.8. The van der Waals surface area contributed by atoms with E-state index in [1.54, 1.807) is 36.7 Å². The molecule has 1 atom stereocenters. The molecule has 0 fully saturated rings. The second-order valence-corrected chi connectivity index (χ2v) is 8.94. The molecule has 0 saturated carbocycles. The first-order valence-corrected chi connectivity index (χ1v) is 11.7. The Morgan fingerprint density at radius 3 is 2.26 bits per heavy atom. The third kappa shape index (κ3) is 5.78. The number of aliphatic carboxylic acids is 1. The van der Waals surface area contributed by atoms with Crippen LogP contribution in [-0.4, -0.2) is 29.0 Å². The molecule has 8 heteroatoms. The molecule has 0 aliphatic heterocycles. The van der Waals surface area contributed by atoms with Crippen LogP contribution in [0.1, 0.15) is 12.0 Å². The molecule has 1 heterocycles. The largest absolute Gasteiger partial charge is 0.481 e. The first-order valence-electron chi connectivity index (χ1n) is 10.9. The highest BCUT2D eigenvalue weighted by Gasteiger charge is 2.27. The second kappa shape index (κ2) is 10.6. The quantitative estimate of drug-likeness (QED) is 0.325. The van der Waals surface area contributed by atoms with Gasteiger partial charge >= 0.3 is 5.97 Å². The molecule has 0 saturated heterocycles. The number of nitrogens with zero attached hydrogens (tertiary/aromatic N) is 2. The van der Waals surface area contributed by atoms with Gasteiger partial charge < -0.3 is 5.11 Å². The van der Waals surface area contributed by atoms with Crippen molar-refractivity contribution >= 4 is 28.3 Å². The number of hydrogen-bond donors (Lipinski definition) is 1. The molecule has 1 aromatic heterocycles. The molecule has 3 aromatic carbocycles.